The van der Waals surface area contributed by atoms with Gasteiger partial charge in [0.1, 0.15) is 5.82 Å². The topological polar surface area (TPSA) is 73.2 Å². The Labute approximate surface area is 166 Å². The molecule has 6 nitrogen and oxygen atoms in total. The van der Waals surface area contributed by atoms with Gasteiger partial charge in [0.15, 0.2) is 4.77 Å². The average molecular weight is 400 g/mol. The molecule has 146 valence electrons. The maximum Gasteiger partial charge on any atom is 0.253 e. The number of nitrogens with one attached hydrogen (secondary N) is 3. The number of amides is 1. The number of morpholine rings is 1. The van der Waals surface area contributed by atoms with Crippen molar-refractivity contribution < 1.29 is 13.9 Å². The standard InChI is InChI=1S/C20H21FN4O2S/c21-15-9-16(18-17(10-15)23-20(28)24-18)19(26)22-11-13-1-3-14(4-2-13)12-25-5-7-27-8-6-25/h1-4,9-10H,5-8,11-12H2,(H,22,26)(H2,23,24,28). The molecule has 0 aliphatic carbocycles. The monoisotopic (exact) mass is 400 g/mol. The summed E-state index contributed by atoms with van der Waals surface area (Å²) in [6.07, 6.45) is 0. The van der Waals surface area contributed by atoms with E-state index in [9.17, 15) is 9.18 Å². The lowest BCUT2D eigenvalue weighted by Gasteiger charge is -2.26. The number of fused-ring (bicyclic) bond motifs is 1. The Morgan fingerprint density at radius 3 is 2.61 bits per heavy atom. The van der Waals surface area contributed by atoms with Gasteiger partial charge in [-0.2, -0.15) is 0 Å². The van der Waals surface area contributed by atoms with Crippen LogP contribution in [0.25, 0.3) is 11.0 Å². The number of aromatic amines is 2. The second-order valence-electron chi connectivity index (χ2n) is 6.84. The molecule has 1 aliphatic rings. The molecule has 4 rings (SSSR count). The number of imidazole rings is 1. The SMILES string of the molecule is O=C(NCc1ccc(CN2CCOCC2)cc1)c1cc(F)cc2[nH]c(=S)[nH]c12. The lowest BCUT2D eigenvalue weighted by atomic mass is 10.1. The Morgan fingerprint density at radius 2 is 1.86 bits per heavy atom. The van der Waals surface area contributed by atoms with Crippen LogP contribution in [0, 0.1) is 10.6 Å². The van der Waals surface area contributed by atoms with E-state index in [1.54, 1.807) is 0 Å². The number of benzene rings is 2. The van der Waals surface area contributed by atoms with E-state index in [1.165, 1.54) is 17.7 Å². The summed E-state index contributed by atoms with van der Waals surface area (Å²) in [4.78, 5) is 20.6. The van der Waals surface area contributed by atoms with Gasteiger partial charge < -0.3 is 20.0 Å². The number of hydrogen-bond donors (Lipinski definition) is 3. The molecule has 0 saturated carbocycles. The van der Waals surface area contributed by atoms with Crippen LogP contribution in [0.3, 0.4) is 0 Å². The van der Waals surface area contributed by atoms with Crippen molar-refractivity contribution in [2.75, 3.05) is 26.3 Å². The van der Waals surface area contributed by atoms with Crippen molar-refractivity contribution in [3.63, 3.8) is 0 Å². The lowest BCUT2D eigenvalue weighted by molar-refractivity contribution is 0.0342. The Morgan fingerprint density at radius 1 is 1.14 bits per heavy atom. The highest BCUT2D eigenvalue weighted by molar-refractivity contribution is 7.71. The van der Waals surface area contributed by atoms with Crippen LogP contribution in [0.4, 0.5) is 4.39 Å². The molecule has 0 bridgehead atoms. The normalized spacial score (nSPS) is 15.0. The van der Waals surface area contributed by atoms with E-state index in [0.29, 0.717) is 22.3 Å². The number of aromatic nitrogens is 2. The van der Waals surface area contributed by atoms with Crippen LogP contribution in [-0.4, -0.2) is 47.1 Å². The molecule has 3 aromatic rings. The number of ether oxygens (including phenoxy) is 1. The van der Waals surface area contributed by atoms with Crippen molar-refractivity contribution >= 4 is 29.2 Å². The van der Waals surface area contributed by atoms with Crippen molar-refractivity contribution in [3.05, 3.63) is 63.7 Å². The van der Waals surface area contributed by atoms with E-state index >= 15 is 0 Å². The molecule has 3 N–H and O–H groups in total. The average Bonchev–Trinajstić information content (AvgIpc) is 3.07. The summed E-state index contributed by atoms with van der Waals surface area (Å²) < 4.78 is 19.5. The zero-order chi connectivity index (χ0) is 19.5. The summed E-state index contributed by atoms with van der Waals surface area (Å²) in [7, 11) is 0. The third kappa shape index (κ3) is 4.30. The highest BCUT2D eigenvalue weighted by Crippen LogP contribution is 2.18. The smallest absolute Gasteiger partial charge is 0.253 e. The molecule has 1 aliphatic heterocycles. The van der Waals surface area contributed by atoms with Crippen LogP contribution in [0.2, 0.25) is 0 Å². The quantitative estimate of drug-likeness (QED) is 0.576. The zero-order valence-electron chi connectivity index (χ0n) is 15.3. The Bertz CT molecular complexity index is 1040. The third-order valence-electron chi connectivity index (χ3n) is 4.82. The number of halogens is 1. The fourth-order valence-electron chi connectivity index (χ4n) is 3.34. The van der Waals surface area contributed by atoms with Crippen LogP contribution >= 0.6 is 12.2 Å². The largest absolute Gasteiger partial charge is 0.379 e. The highest BCUT2D eigenvalue weighted by atomic mass is 32.1. The molecule has 2 heterocycles. The number of carbonyl (C=O) groups excluding carboxylic acids is 1. The molecule has 1 aromatic heterocycles. The number of hydrogen-bond acceptors (Lipinski definition) is 4. The van der Waals surface area contributed by atoms with E-state index < -0.39 is 5.82 Å². The number of nitrogens with zero attached hydrogens (tertiary/aromatic N) is 1. The van der Waals surface area contributed by atoms with Crippen molar-refractivity contribution in [1.82, 2.24) is 20.2 Å². The van der Waals surface area contributed by atoms with Gasteiger partial charge in [-0.25, -0.2) is 4.39 Å². The third-order valence-corrected chi connectivity index (χ3v) is 5.02. The van der Waals surface area contributed by atoms with Gasteiger partial charge in [0.2, 0.25) is 0 Å². The fourth-order valence-corrected chi connectivity index (χ4v) is 3.56. The van der Waals surface area contributed by atoms with Crippen LogP contribution < -0.4 is 5.32 Å². The van der Waals surface area contributed by atoms with Crippen LogP contribution in [0.15, 0.2) is 36.4 Å². The van der Waals surface area contributed by atoms with Gasteiger partial charge in [0.05, 0.1) is 29.8 Å². The summed E-state index contributed by atoms with van der Waals surface area (Å²) in [6, 6.07) is 10.7. The Hall–Kier alpha value is -2.55. The summed E-state index contributed by atoms with van der Waals surface area (Å²) in [6.45, 7) is 4.71. The minimum Gasteiger partial charge on any atom is -0.379 e. The summed E-state index contributed by atoms with van der Waals surface area (Å²) in [5, 5.41) is 2.84. The van der Waals surface area contributed by atoms with Gasteiger partial charge in [0, 0.05) is 26.2 Å². The minimum atomic E-state index is -0.490. The molecule has 2 aromatic carbocycles. The first-order valence-corrected chi connectivity index (χ1v) is 9.57. The van der Waals surface area contributed by atoms with Crippen LogP contribution in [0.5, 0.6) is 0 Å². The molecule has 0 unspecified atom stereocenters. The summed E-state index contributed by atoms with van der Waals surface area (Å²) in [5.41, 5.74) is 3.41. The van der Waals surface area contributed by atoms with E-state index in [1.807, 2.05) is 12.1 Å². The van der Waals surface area contributed by atoms with Gasteiger partial charge in [-0.05, 0) is 35.5 Å². The second-order valence-corrected chi connectivity index (χ2v) is 7.25. The molecule has 1 saturated heterocycles. The Kier molecular flexibility index (Phi) is 5.52. The molecule has 8 heteroatoms. The van der Waals surface area contributed by atoms with Gasteiger partial charge in [-0.1, -0.05) is 24.3 Å². The fraction of sp³-hybridized carbons (Fsp3) is 0.300. The number of carbonyl (C=O) groups is 1. The summed E-state index contributed by atoms with van der Waals surface area (Å²) in [5.74, 6) is -0.845. The van der Waals surface area contributed by atoms with Gasteiger partial charge in [0.25, 0.3) is 5.91 Å². The Balaban J connectivity index is 1.40. The van der Waals surface area contributed by atoms with Crippen LogP contribution in [-0.2, 0) is 17.8 Å². The van der Waals surface area contributed by atoms with E-state index in [-0.39, 0.29) is 11.5 Å². The van der Waals surface area contributed by atoms with Crippen LogP contribution in [0.1, 0.15) is 21.5 Å². The number of rotatable bonds is 5. The molecule has 28 heavy (non-hydrogen) atoms. The highest BCUT2D eigenvalue weighted by Gasteiger charge is 2.14. The predicted octanol–water partition coefficient (Wildman–Crippen LogP) is 3.13. The van der Waals surface area contributed by atoms with Crippen molar-refractivity contribution in [3.8, 4) is 0 Å². The van der Waals surface area contributed by atoms with Crippen molar-refractivity contribution in [2.24, 2.45) is 0 Å². The van der Waals surface area contributed by atoms with Crippen molar-refractivity contribution in [1.29, 1.82) is 0 Å². The zero-order valence-corrected chi connectivity index (χ0v) is 16.1. The predicted molar refractivity (Wildman–Crippen MR) is 107 cm³/mol. The molecule has 0 radical (unpaired) electrons. The molecule has 0 atom stereocenters. The number of H-pyrrole nitrogens is 2. The van der Waals surface area contributed by atoms with Gasteiger partial charge in [-0.15, -0.1) is 0 Å². The summed E-state index contributed by atoms with van der Waals surface area (Å²) >= 11 is 5.04. The van der Waals surface area contributed by atoms with E-state index in [4.69, 9.17) is 17.0 Å². The maximum absolute atomic E-state index is 13.8. The maximum atomic E-state index is 13.8. The molecular weight excluding hydrogens is 379 g/mol. The second kappa shape index (κ2) is 8.22. The first-order valence-electron chi connectivity index (χ1n) is 9.16. The van der Waals surface area contributed by atoms with E-state index in [0.717, 1.165) is 38.4 Å². The molecule has 1 amide bonds. The first-order chi connectivity index (χ1) is 13.6. The van der Waals surface area contributed by atoms with Gasteiger partial charge >= 0.3 is 0 Å². The lowest BCUT2D eigenvalue weighted by Crippen LogP contribution is -2.35. The van der Waals surface area contributed by atoms with E-state index in [2.05, 4.69) is 32.3 Å². The first kappa shape index (κ1) is 18.8. The molecule has 0 spiro atoms. The minimum absolute atomic E-state index is 0.228. The molecule has 1 fully saturated rings. The molecular formula is C20H21FN4O2S. The van der Waals surface area contributed by atoms with Gasteiger partial charge in [-0.3, -0.25) is 9.69 Å². The van der Waals surface area contributed by atoms with Crippen molar-refractivity contribution in [2.45, 2.75) is 13.1 Å².